The van der Waals surface area contributed by atoms with Crippen molar-refractivity contribution in [3.05, 3.63) is 54.6 Å². The van der Waals surface area contributed by atoms with Crippen molar-refractivity contribution in [2.45, 2.75) is 4.90 Å². The van der Waals surface area contributed by atoms with Crippen LogP contribution in [0.5, 0.6) is 5.75 Å². The van der Waals surface area contributed by atoms with Gasteiger partial charge < -0.3 is 9.64 Å². The number of hydrogen-bond acceptors (Lipinski definition) is 4. The lowest BCUT2D eigenvalue weighted by molar-refractivity contribution is -0.120. The molecule has 0 unspecified atom stereocenters. The second-order valence-corrected chi connectivity index (χ2v) is 6.84. The number of amides is 1. The number of carbonyl (C=O) groups excluding carboxylic acids is 1. The van der Waals surface area contributed by atoms with Crippen LogP contribution in [0.1, 0.15) is 0 Å². The highest BCUT2D eigenvalue weighted by atomic mass is 32.2. The molecular formula is C16H17NO4S. The van der Waals surface area contributed by atoms with Crippen molar-refractivity contribution in [2.75, 3.05) is 24.8 Å². The topological polar surface area (TPSA) is 63.7 Å². The zero-order chi connectivity index (χ0) is 16.2. The number of para-hydroxylation sites is 1. The number of sulfone groups is 1. The van der Waals surface area contributed by atoms with E-state index in [2.05, 4.69) is 0 Å². The van der Waals surface area contributed by atoms with E-state index in [0.29, 0.717) is 5.75 Å². The highest BCUT2D eigenvalue weighted by molar-refractivity contribution is 7.90. The molecule has 0 atom stereocenters. The number of nitrogens with zero attached hydrogens (tertiary/aromatic N) is 1. The smallest absolute Gasteiger partial charge is 0.264 e. The predicted octanol–water partition coefficient (Wildman–Crippen LogP) is 2.13. The molecule has 0 saturated heterocycles. The lowest BCUT2D eigenvalue weighted by atomic mass is 10.3. The van der Waals surface area contributed by atoms with Gasteiger partial charge in [-0.1, -0.05) is 18.2 Å². The molecular weight excluding hydrogens is 302 g/mol. The third kappa shape index (κ3) is 4.08. The Labute approximate surface area is 130 Å². The van der Waals surface area contributed by atoms with Gasteiger partial charge in [-0.2, -0.15) is 0 Å². The first-order chi connectivity index (χ1) is 10.4. The number of hydrogen-bond donors (Lipinski definition) is 0. The van der Waals surface area contributed by atoms with E-state index in [-0.39, 0.29) is 17.4 Å². The van der Waals surface area contributed by atoms with Gasteiger partial charge in [-0.15, -0.1) is 0 Å². The molecule has 1 amide bonds. The Kier molecular flexibility index (Phi) is 4.82. The maximum Gasteiger partial charge on any atom is 0.264 e. The van der Waals surface area contributed by atoms with Crippen molar-refractivity contribution in [3.8, 4) is 5.75 Å². The van der Waals surface area contributed by atoms with Gasteiger partial charge in [0.25, 0.3) is 5.91 Å². The fourth-order valence-electron chi connectivity index (χ4n) is 1.82. The molecule has 2 rings (SSSR count). The highest BCUT2D eigenvalue weighted by Crippen LogP contribution is 2.16. The maximum absolute atomic E-state index is 12.0. The summed E-state index contributed by atoms with van der Waals surface area (Å²) in [7, 11) is -1.56. The number of anilines is 1. The molecule has 0 spiro atoms. The van der Waals surface area contributed by atoms with E-state index >= 15 is 0 Å². The van der Waals surface area contributed by atoms with Crippen molar-refractivity contribution < 1.29 is 17.9 Å². The summed E-state index contributed by atoms with van der Waals surface area (Å²) in [4.78, 5) is 13.8. The van der Waals surface area contributed by atoms with E-state index in [9.17, 15) is 13.2 Å². The Bertz CT molecular complexity index is 739. The minimum Gasteiger partial charge on any atom is -0.484 e. The molecule has 5 nitrogen and oxygen atoms in total. The second-order valence-electron chi connectivity index (χ2n) is 4.82. The van der Waals surface area contributed by atoms with Crippen LogP contribution in [0.4, 0.5) is 5.69 Å². The second kappa shape index (κ2) is 6.62. The monoisotopic (exact) mass is 319 g/mol. The summed E-state index contributed by atoms with van der Waals surface area (Å²) in [6.45, 7) is -0.121. The Hall–Kier alpha value is -2.34. The molecule has 0 aliphatic heterocycles. The molecule has 22 heavy (non-hydrogen) atoms. The van der Waals surface area contributed by atoms with Gasteiger partial charge in [-0.25, -0.2) is 8.42 Å². The van der Waals surface area contributed by atoms with Gasteiger partial charge in [0.2, 0.25) is 0 Å². The van der Waals surface area contributed by atoms with Crippen molar-refractivity contribution in [1.29, 1.82) is 0 Å². The van der Waals surface area contributed by atoms with Crippen LogP contribution in [-0.2, 0) is 14.6 Å². The Morgan fingerprint density at radius 2 is 1.64 bits per heavy atom. The number of rotatable bonds is 5. The van der Waals surface area contributed by atoms with Crippen molar-refractivity contribution in [1.82, 2.24) is 0 Å². The first-order valence-electron chi connectivity index (χ1n) is 6.62. The molecule has 0 aliphatic carbocycles. The molecule has 0 heterocycles. The lowest BCUT2D eigenvalue weighted by Gasteiger charge is -2.17. The van der Waals surface area contributed by atoms with E-state index in [1.807, 2.05) is 30.3 Å². The number of benzene rings is 2. The molecule has 0 bridgehead atoms. The predicted molar refractivity (Wildman–Crippen MR) is 84.9 cm³/mol. The fourth-order valence-corrected chi connectivity index (χ4v) is 2.45. The van der Waals surface area contributed by atoms with Crippen molar-refractivity contribution in [3.63, 3.8) is 0 Å². The van der Waals surface area contributed by atoms with Gasteiger partial charge >= 0.3 is 0 Å². The van der Waals surface area contributed by atoms with Crippen LogP contribution in [0.3, 0.4) is 0 Å². The molecule has 0 aromatic heterocycles. The largest absolute Gasteiger partial charge is 0.484 e. The Balaban J connectivity index is 1.97. The number of carbonyl (C=O) groups is 1. The average molecular weight is 319 g/mol. The van der Waals surface area contributed by atoms with Crippen molar-refractivity contribution in [2.24, 2.45) is 0 Å². The van der Waals surface area contributed by atoms with Crippen LogP contribution in [0.15, 0.2) is 59.5 Å². The Morgan fingerprint density at radius 3 is 2.18 bits per heavy atom. The number of ether oxygens (including phenoxy) is 1. The normalized spacial score (nSPS) is 11.0. The number of likely N-dealkylation sites (N-methyl/N-ethyl adjacent to an activating group) is 1. The van der Waals surface area contributed by atoms with Gasteiger partial charge in [0.15, 0.2) is 16.4 Å². The van der Waals surface area contributed by atoms with Gasteiger partial charge in [0.05, 0.1) is 4.90 Å². The summed E-state index contributed by atoms with van der Waals surface area (Å²) >= 11 is 0. The molecule has 0 fully saturated rings. The van der Waals surface area contributed by atoms with E-state index in [1.54, 1.807) is 7.05 Å². The highest BCUT2D eigenvalue weighted by Gasteiger charge is 2.12. The first kappa shape index (κ1) is 16.0. The quantitative estimate of drug-likeness (QED) is 0.847. The third-order valence-electron chi connectivity index (χ3n) is 3.13. The lowest BCUT2D eigenvalue weighted by Crippen LogP contribution is -2.31. The van der Waals surface area contributed by atoms with Gasteiger partial charge in [-0.3, -0.25) is 4.79 Å². The molecule has 0 aliphatic rings. The van der Waals surface area contributed by atoms with Crippen LogP contribution >= 0.6 is 0 Å². The fraction of sp³-hybridized carbons (Fsp3) is 0.188. The summed E-state index contributed by atoms with van der Waals surface area (Å²) < 4.78 is 28.1. The molecule has 0 N–H and O–H groups in total. The van der Waals surface area contributed by atoms with E-state index in [0.717, 1.165) is 11.9 Å². The standard InChI is InChI=1S/C16H17NO4S/c1-17(13-6-4-3-5-7-13)16(18)12-21-14-8-10-15(11-9-14)22(2,19)20/h3-11H,12H2,1-2H3. The van der Waals surface area contributed by atoms with Crippen LogP contribution in [0.2, 0.25) is 0 Å². The Morgan fingerprint density at radius 1 is 1.05 bits per heavy atom. The molecule has 116 valence electrons. The summed E-state index contributed by atoms with van der Waals surface area (Å²) in [6, 6.07) is 15.2. The SMILES string of the molecule is CN(C(=O)COc1ccc(S(C)(=O)=O)cc1)c1ccccc1. The summed E-state index contributed by atoms with van der Waals surface area (Å²) in [5.41, 5.74) is 0.781. The maximum atomic E-state index is 12.0. The minimum atomic E-state index is -3.23. The van der Waals surface area contributed by atoms with Crippen molar-refractivity contribution >= 4 is 21.4 Å². The molecule has 6 heteroatoms. The van der Waals surface area contributed by atoms with Crippen LogP contribution in [-0.4, -0.2) is 34.2 Å². The summed E-state index contributed by atoms with van der Waals surface area (Å²) in [5, 5.41) is 0. The van der Waals surface area contributed by atoms with Crippen LogP contribution in [0.25, 0.3) is 0 Å². The third-order valence-corrected chi connectivity index (χ3v) is 4.26. The summed E-state index contributed by atoms with van der Waals surface area (Å²) in [5.74, 6) is 0.251. The van der Waals surface area contributed by atoms with Gasteiger partial charge in [0.1, 0.15) is 5.75 Å². The van der Waals surface area contributed by atoms with E-state index < -0.39 is 9.84 Å². The molecule has 0 radical (unpaired) electrons. The molecule has 2 aromatic rings. The van der Waals surface area contributed by atoms with Crippen LogP contribution in [0, 0.1) is 0 Å². The van der Waals surface area contributed by atoms with Gasteiger partial charge in [0, 0.05) is 19.0 Å². The molecule has 2 aromatic carbocycles. The average Bonchev–Trinajstić information content (AvgIpc) is 2.52. The zero-order valence-electron chi connectivity index (χ0n) is 12.4. The minimum absolute atomic E-state index is 0.121. The van der Waals surface area contributed by atoms with E-state index in [4.69, 9.17) is 4.74 Å². The summed E-state index contributed by atoms with van der Waals surface area (Å²) in [6.07, 6.45) is 1.14. The van der Waals surface area contributed by atoms with E-state index in [1.165, 1.54) is 29.2 Å². The first-order valence-corrected chi connectivity index (χ1v) is 8.51. The van der Waals surface area contributed by atoms with Crippen LogP contribution < -0.4 is 9.64 Å². The molecule has 0 saturated carbocycles. The zero-order valence-corrected chi connectivity index (χ0v) is 13.2. The van der Waals surface area contributed by atoms with Gasteiger partial charge in [-0.05, 0) is 36.4 Å².